The van der Waals surface area contributed by atoms with Crippen LogP contribution in [0.1, 0.15) is 25.3 Å². The van der Waals surface area contributed by atoms with Crippen molar-refractivity contribution in [3.63, 3.8) is 0 Å². The highest BCUT2D eigenvalue weighted by Gasteiger charge is 2.16. The van der Waals surface area contributed by atoms with E-state index in [1.807, 2.05) is 0 Å². The fraction of sp³-hybridized carbons (Fsp3) is 0.571. The van der Waals surface area contributed by atoms with E-state index >= 15 is 0 Å². The number of anilines is 1. The predicted octanol–water partition coefficient (Wildman–Crippen LogP) is 2.45. The molecule has 1 aromatic rings. The van der Waals surface area contributed by atoms with Crippen LogP contribution < -0.4 is 15.4 Å². The van der Waals surface area contributed by atoms with Crippen LogP contribution in [-0.2, 0) is 0 Å². The molecule has 1 saturated heterocycles. The van der Waals surface area contributed by atoms with Crippen molar-refractivity contribution in [2.75, 3.05) is 32.1 Å². The van der Waals surface area contributed by atoms with Gasteiger partial charge in [-0.3, -0.25) is 0 Å². The lowest BCUT2D eigenvalue weighted by Crippen LogP contribution is -2.45. The minimum atomic E-state index is 0.536. The highest BCUT2D eigenvalue weighted by molar-refractivity contribution is 5.58. The van der Waals surface area contributed by atoms with E-state index in [-0.39, 0.29) is 0 Å². The lowest BCUT2D eigenvalue weighted by molar-refractivity contribution is 0.364. The van der Waals surface area contributed by atoms with Crippen molar-refractivity contribution in [3.8, 4) is 5.75 Å². The molecule has 17 heavy (non-hydrogen) atoms. The summed E-state index contributed by atoms with van der Waals surface area (Å²) in [4.78, 5) is 0. The van der Waals surface area contributed by atoms with Crippen molar-refractivity contribution in [2.24, 2.45) is 5.92 Å². The molecule has 3 heteroatoms. The van der Waals surface area contributed by atoms with Crippen molar-refractivity contribution in [3.05, 3.63) is 23.8 Å². The minimum absolute atomic E-state index is 0.536. The molecule has 1 aliphatic heterocycles. The second-order valence-electron chi connectivity index (χ2n) is 5.02. The maximum absolute atomic E-state index is 5.44. The molecule has 0 radical (unpaired) electrons. The lowest BCUT2D eigenvalue weighted by Gasteiger charge is -2.28. The predicted molar refractivity (Wildman–Crippen MR) is 71.9 cm³/mol. The highest BCUT2D eigenvalue weighted by Crippen LogP contribution is 2.29. The Morgan fingerprint density at radius 3 is 2.71 bits per heavy atom. The van der Waals surface area contributed by atoms with Gasteiger partial charge in [0.1, 0.15) is 5.75 Å². The van der Waals surface area contributed by atoms with E-state index in [0.717, 1.165) is 37.0 Å². The van der Waals surface area contributed by atoms with Gasteiger partial charge in [0.15, 0.2) is 0 Å². The van der Waals surface area contributed by atoms with Crippen LogP contribution in [0.15, 0.2) is 18.2 Å². The summed E-state index contributed by atoms with van der Waals surface area (Å²) in [5.74, 6) is 2.24. The molecule has 2 N–H and O–H groups in total. The smallest absolute Gasteiger partial charge is 0.142 e. The Morgan fingerprint density at radius 2 is 2.18 bits per heavy atom. The fourth-order valence-electron chi connectivity index (χ4n) is 1.96. The highest BCUT2D eigenvalue weighted by atomic mass is 16.5. The molecule has 0 bridgehead atoms. The Morgan fingerprint density at radius 1 is 1.41 bits per heavy atom. The summed E-state index contributed by atoms with van der Waals surface area (Å²) in [6.07, 6.45) is 0. The molecule has 1 fully saturated rings. The largest absolute Gasteiger partial charge is 0.495 e. The van der Waals surface area contributed by atoms with Crippen molar-refractivity contribution in [1.29, 1.82) is 0 Å². The molecule has 0 unspecified atom stereocenters. The molecule has 2 rings (SSSR count). The molecule has 1 heterocycles. The summed E-state index contributed by atoms with van der Waals surface area (Å²) in [6.45, 7) is 7.66. The molecule has 0 atom stereocenters. The first-order valence-electron chi connectivity index (χ1n) is 6.33. The number of rotatable bonds is 5. The number of hydrogen-bond donors (Lipinski definition) is 2. The quantitative estimate of drug-likeness (QED) is 0.821. The SMILES string of the molecule is COc1cc(C(C)C)ccc1NCC1CNC1. The van der Waals surface area contributed by atoms with Crippen LogP contribution >= 0.6 is 0 Å². The van der Waals surface area contributed by atoms with Crippen LogP contribution in [-0.4, -0.2) is 26.7 Å². The molecule has 94 valence electrons. The molecule has 0 aliphatic carbocycles. The van der Waals surface area contributed by atoms with Crippen molar-refractivity contribution < 1.29 is 4.74 Å². The monoisotopic (exact) mass is 234 g/mol. The van der Waals surface area contributed by atoms with Crippen LogP contribution in [0, 0.1) is 5.92 Å². The number of methoxy groups -OCH3 is 1. The minimum Gasteiger partial charge on any atom is -0.495 e. The van der Waals surface area contributed by atoms with Crippen LogP contribution in [0.2, 0.25) is 0 Å². The average Bonchev–Trinajstić information content (AvgIpc) is 2.27. The maximum Gasteiger partial charge on any atom is 0.142 e. The van der Waals surface area contributed by atoms with Gasteiger partial charge in [-0.2, -0.15) is 0 Å². The lowest BCUT2D eigenvalue weighted by atomic mass is 10.0. The molecular formula is C14H22N2O. The van der Waals surface area contributed by atoms with Gasteiger partial charge in [0.25, 0.3) is 0 Å². The molecule has 0 aromatic heterocycles. The third kappa shape index (κ3) is 2.91. The summed E-state index contributed by atoms with van der Waals surface area (Å²) in [6, 6.07) is 6.43. The standard InChI is InChI=1S/C14H22N2O/c1-10(2)12-4-5-13(14(6-12)17-3)16-9-11-7-15-8-11/h4-6,10-11,15-16H,7-9H2,1-3H3. The van der Waals surface area contributed by atoms with Gasteiger partial charge in [-0.15, -0.1) is 0 Å². The number of hydrogen-bond acceptors (Lipinski definition) is 3. The van der Waals surface area contributed by atoms with Gasteiger partial charge in [-0.1, -0.05) is 19.9 Å². The normalized spacial score (nSPS) is 15.8. The van der Waals surface area contributed by atoms with Gasteiger partial charge in [-0.25, -0.2) is 0 Å². The van der Waals surface area contributed by atoms with E-state index in [0.29, 0.717) is 5.92 Å². The van der Waals surface area contributed by atoms with Gasteiger partial charge >= 0.3 is 0 Å². The third-order valence-corrected chi connectivity index (χ3v) is 3.34. The van der Waals surface area contributed by atoms with Crippen LogP contribution in [0.25, 0.3) is 0 Å². The summed E-state index contributed by atoms with van der Waals surface area (Å²) in [5, 5.41) is 6.75. The zero-order valence-corrected chi connectivity index (χ0v) is 10.9. The summed E-state index contributed by atoms with van der Waals surface area (Å²) in [7, 11) is 1.73. The van der Waals surface area contributed by atoms with Crippen molar-refractivity contribution in [2.45, 2.75) is 19.8 Å². The second-order valence-corrected chi connectivity index (χ2v) is 5.02. The Balaban J connectivity index is 2.04. The van der Waals surface area contributed by atoms with Gasteiger partial charge in [0, 0.05) is 25.6 Å². The molecule has 0 spiro atoms. The zero-order valence-electron chi connectivity index (χ0n) is 10.9. The van der Waals surface area contributed by atoms with Gasteiger partial charge < -0.3 is 15.4 Å². The van der Waals surface area contributed by atoms with E-state index in [1.165, 1.54) is 5.56 Å². The Hall–Kier alpha value is -1.22. The van der Waals surface area contributed by atoms with E-state index < -0.39 is 0 Å². The Kier molecular flexibility index (Phi) is 3.89. The molecule has 1 aliphatic rings. The van der Waals surface area contributed by atoms with E-state index in [2.05, 4.69) is 42.7 Å². The van der Waals surface area contributed by atoms with Crippen molar-refractivity contribution in [1.82, 2.24) is 5.32 Å². The first-order valence-corrected chi connectivity index (χ1v) is 6.33. The third-order valence-electron chi connectivity index (χ3n) is 3.34. The molecule has 3 nitrogen and oxygen atoms in total. The summed E-state index contributed by atoms with van der Waals surface area (Å²) >= 11 is 0. The van der Waals surface area contributed by atoms with Crippen LogP contribution in [0.5, 0.6) is 5.75 Å². The number of nitrogens with one attached hydrogen (secondary N) is 2. The van der Waals surface area contributed by atoms with E-state index in [4.69, 9.17) is 4.74 Å². The first-order chi connectivity index (χ1) is 8.20. The molecule has 0 amide bonds. The summed E-state index contributed by atoms with van der Waals surface area (Å²) in [5.41, 5.74) is 2.42. The Labute approximate surface area is 104 Å². The zero-order chi connectivity index (χ0) is 12.3. The fourth-order valence-corrected chi connectivity index (χ4v) is 1.96. The maximum atomic E-state index is 5.44. The second kappa shape index (κ2) is 5.41. The van der Waals surface area contributed by atoms with E-state index in [9.17, 15) is 0 Å². The summed E-state index contributed by atoms with van der Waals surface area (Å²) < 4.78 is 5.44. The Bertz CT molecular complexity index is 372. The number of benzene rings is 1. The average molecular weight is 234 g/mol. The first kappa shape index (κ1) is 12.2. The van der Waals surface area contributed by atoms with E-state index in [1.54, 1.807) is 7.11 Å². The molecule has 0 saturated carbocycles. The topological polar surface area (TPSA) is 33.3 Å². The van der Waals surface area contributed by atoms with Gasteiger partial charge in [0.05, 0.1) is 12.8 Å². The van der Waals surface area contributed by atoms with Crippen LogP contribution in [0.4, 0.5) is 5.69 Å². The molecular weight excluding hydrogens is 212 g/mol. The van der Waals surface area contributed by atoms with Crippen LogP contribution in [0.3, 0.4) is 0 Å². The van der Waals surface area contributed by atoms with Crippen molar-refractivity contribution >= 4 is 5.69 Å². The number of ether oxygens (including phenoxy) is 1. The van der Waals surface area contributed by atoms with Gasteiger partial charge in [0.2, 0.25) is 0 Å². The van der Waals surface area contributed by atoms with Gasteiger partial charge in [-0.05, 0) is 23.6 Å². The molecule has 1 aromatic carbocycles.